The molecule has 2 unspecified atom stereocenters. The average molecular weight is 286 g/mol. The van der Waals surface area contributed by atoms with E-state index in [2.05, 4.69) is 13.8 Å². The van der Waals surface area contributed by atoms with E-state index < -0.39 is 11.7 Å². The van der Waals surface area contributed by atoms with E-state index in [4.69, 9.17) is 5.73 Å². The van der Waals surface area contributed by atoms with Crippen LogP contribution < -0.4 is 10.6 Å². The molecule has 5 heteroatoms. The van der Waals surface area contributed by atoms with E-state index in [-0.39, 0.29) is 12.1 Å². The van der Waals surface area contributed by atoms with Crippen molar-refractivity contribution in [2.24, 2.45) is 11.7 Å². The molecule has 112 valence electrons. The van der Waals surface area contributed by atoms with E-state index in [1.165, 1.54) is 12.1 Å². The Kier molecular flexibility index (Phi) is 4.28. The van der Waals surface area contributed by atoms with Crippen LogP contribution in [0.5, 0.6) is 0 Å². The summed E-state index contributed by atoms with van der Waals surface area (Å²) >= 11 is 0. The molecule has 0 saturated carbocycles. The van der Waals surface area contributed by atoms with Crippen molar-refractivity contribution in [3.8, 4) is 0 Å². The SMILES string of the molecule is CC(C)CC1CC(N)CN1c1cccc(C(F)(F)F)c1. The van der Waals surface area contributed by atoms with Gasteiger partial charge in [-0.1, -0.05) is 19.9 Å². The number of nitrogens with two attached hydrogens (primary N) is 1. The van der Waals surface area contributed by atoms with Crippen LogP contribution in [-0.4, -0.2) is 18.6 Å². The number of rotatable bonds is 3. The molecule has 2 nitrogen and oxygen atoms in total. The van der Waals surface area contributed by atoms with Gasteiger partial charge < -0.3 is 10.6 Å². The molecule has 2 atom stereocenters. The Labute approximate surface area is 117 Å². The minimum absolute atomic E-state index is 0.0355. The predicted molar refractivity (Wildman–Crippen MR) is 74.6 cm³/mol. The molecule has 1 aliphatic rings. The van der Waals surface area contributed by atoms with Gasteiger partial charge in [0, 0.05) is 24.3 Å². The lowest BCUT2D eigenvalue weighted by Gasteiger charge is -2.28. The highest BCUT2D eigenvalue weighted by Crippen LogP contribution is 2.34. The number of alkyl halides is 3. The van der Waals surface area contributed by atoms with Crippen LogP contribution in [0.3, 0.4) is 0 Å². The Hall–Kier alpha value is -1.23. The summed E-state index contributed by atoms with van der Waals surface area (Å²) in [5.41, 5.74) is 6.01. The molecule has 1 aliphatic heterocycles. The fourth-order valence-electron chi connectivity index (χ4n) is 2.90. The third-order valence-electron chi connectivity index (χ3n) is 3.70. The summed E-state index contributed by atoms with van der Waals surface area (Å²) in [4.78, 5) is 2.03. The van der Waals surface area contributed by atoms with Gasteiger partial charge in [0.1, 0.15) is 0 Å². The molecule has 0 radical (unpaired) electrons. The Morgan fingerprint density at radius 2 is 2.05 bits per heavy atom. The van der Waals surface area contributed by atoms with Crippen molar-refractivity contribution in [3.05, 3.63) is 29.8 Å². The average Bonchev–Trinajstić information content (AvgIpc) is 2.68. The van der Waals surface area contributed by atoms with Crippen molar-refractivity contribution in [2.75, 3.05) is 11.4 Å². The second-order valence-electron chi connectivity index (χ2n) is 5.98. The van der Waals surface area contributed by atoms with Crippen LogP contribution in [0.4, 0.5) is 18.9 Å². The van der Waals surface area contributed by atoms with Crippen LogP contribution in [-0.2, 0) is 6.18 Å². The molecule has 1 aromatic rings. The van der Waals surface area contributed by atoms with Gasteiger partial charge in [0.25, 0.3) is 0 Å². The Morgan fingerprint density at radius 3 is 2.65 bits per heavy atom. The van der Waals surface area contributed by atoms with Gasteiger partial charge in [-0.15, -0.1) is 0 Å². The first-order valence-corrected chi connectivity index (χ1v) is 6.97. The Balaban J connectivity index is 2.25. The Bertz CT molecular complexity index is 457. The zero-order valence-electron chi connectivity index (χ0n) is 11.8. The van der Waals surface area contributed by atoms with E-state index >= 15 is 0 Å². The highest BCUT2D eigenvalue weighted by atomic mass is 19.4. The van der Waals surface area contributed by atoms with Crippen LogP contribution in [0.25, 0.3) is 0 Å². The predicted octanol–water partition coefficient (Wildman–Crippen LogP) is 3.66. The fourth-order valence-corrected chi connectivity index (χ4v) is 2.90. The molecule has 0 bridgehead atoms. The van der Waals surface area contributed by atoms with E-state index in [1.807, 2.05) is 4.90 Å². The van der Waals surface area contributed by atoms with Gasteiger partial charge in [-0.05, 0) is 37.0 Å². The van der Waals surface area contributed by atoms with Crippen molar-refractivity contribution in [3.63, 3.8) is 0 Å². The number of halogens is 3. The maximum absolute atomic E-state index is 12.8. The van der Waals surface area contributed by atoms with Crippen molar-refractivity contribution in [1.29, 1.82) is 0 Å². The largest absolute Gasteiger partial charge is 0.416 e. The fraction of sp³-hybridized carbons (Fsp3) is 0.600. The molecule has 0 aliphatic carbocycles. The van der Waals surface area contributed by atoms with Gasteiger partial charge >= 0.3 is 6.18 Å². The zero-order valence-corrected chi connectivity index (χ0v) is 11.8. The first-order valence-electron chi connectivity index (χ1n) is 6.97. The van der Waals surface area contributed by atoms with Gasteiger partial charge in [0.05, 0.1) is 5.56 Å². The number of hydrogen-bond acceptors (Lipinski definition) is 2. The van der Waals surface area contributed by atoms with Crippen molar-refractivity contribution >= 4 is 5.69 Å². The summed E-state index contributed by atoms with van der Waals surface area (Å²) < 4.78 is 38.4. The molecule has 0 aromatic heterocycles. The molecule has 1 aromatic carbocycles. The van der Waals surface area contributed by atoms with Crippen LogP contribution in [0.2, 0.25) is 0 Å². The number of hydrogen-bond donors (Lipinski definition) is 1. The summed E-state index contributed by atoms with van der Waals surface area (Å²) in [5.74, 6) is 0.499. The smallest absolute Gasteiger partial charge is 0.367 e. The topological polar surface area (TPSA) is 29.3 Å². The van der Waals surface area contributed by atoms with Crippen molar-refractivity contribution < 1.29 is 13.2 Å². The van der Waals surface area contributed by atoms with Crippen LogP contribution in [0.15, 0.2) is 24.3 Å². The Morgan fingerprint density at radius 1 is 1.35 bits per heavy atom. The van der Waals surface area contributed by atoms with Gasteiger partial charge in [-0.25, -0.2) is 0 Å². The summed E-state index contributed by atoms with van der Waals surface area (Å²) in [6, 6.07) is 5.80. The van der Waals surface area contributed by atoms with Gasteiger partial charge in [0.2, 0.25) is 0 Å². The lowest BCUT2D eigenvalue weighted by Crippen LogP contribution is -2.31. The lowest BCUT2D eigenvalue weighted by atomic mass is 10.0. The lowest BCUT2D eigenvalue weighted by molar-refractivity contribution is -0.137. The molecular weight excluding hydrogens is 265 g/mol. The zero-order chi connectivity index (χ0) is 14.9. The first kappa shape index (κ1) is 15.2. The molecule has 1 heterocycles. The first-order chi connectivity index (χ1) is 9.27. The van der Waals surface area contributed by atoms with E-state index in [0.717, 1.165) is 18.9 Å². The molecule has 1 fully saturated rings. The van der Waals surface area contributed by atoms with E-state index in [0.29, 0.717) is 18.2 Å². The molecule has 2 rings (SSSR count). The maximum Gasteiger partial charge on any atom is 0.416 e. The summed E-state index contributed by atoms with van der Waals surface area (Å²) in [7, 11) is 0. The second kappa shape index (κ2) is 5.64. The molecule has 0 amide bonds. The monoisotopic (exact) mass is 286 g/mol. The van der Waals surface area contributed by atoms with Gasteiger partial charge in [0.15, 0.2) is 0 Å². The number of benzene rings is 1. The molecule has 2 N–H and O–H groups in total. The minimum Gasteiger partial charge on any atom is -0.367 e. The number of anilines is 1. The summed E-state index contributed by atoms with van der Waals surface area (Å²) in [6.45, 7) is 4.86. The van der Waals surface area contributed by atoms with Crippen molar-refractivity contribution in [1.82, 2.24) is 0 Å². The van der Waals surface area contributed by atoms with Crippen LogP contribution in [0, 0.1) is 5.92 Å². The molecule has 20 heavy (non-hydrogen) atoms. The third-order valence-corrected chi connectivity index (χ3v) is 3.70. The highest BCUT2D eigenvalue weighted by molar-refractivity contribution is 5.51. The number of nitrogens with zero attached hydrogens (tertiary/aromatic N) is 1. The summed E-state index contributed by atoms with van der Waals surface area (Å²) in [5, 5.41) is 0. The van der Waals surface area contributed by atoms with Gasteiger partial charge in [-0.2, -0.15) is 13.2 Å². The van der Waals surface area contributed by atoms with E-state index in [9.17, 15) is 13.2 Å². The molecule has 0 spiro atoms. The second-order valence-corrected chi connectivity index (χ2v) is 5.98. The third kappa shape index (κ3) is 3.45. The quantitative estimate of drug-likeness (QED) is 0.919. The maximum atomic E-state index is 12.8. The molecular formula is C15H21F3N2. The standard InChI is InChI=1S/C15H21F3N2/c1-10(2)6-14-8-12(19)9-20(14)13-5-3-4-11(7-13)15(16,17)18/h3-5,7,10,12,14H,6,8-9,19H2,1-2H3. The van der Waals surface area contributed by atoms with Crippen molar-refractivity contribution in [2.45, 2.75) is 44.9 Å². The normalized spacial score (nSPS) is 23.6. The highest BCUT2D eigenvalue weighted by Gasteiger charge is 2.34. The van der Waals surface area contributed by atoms with Crippen LogP contribution >= 0.6 is 0 Å². The van der Waals surface area contributed by atoms with Crippen LogP contribution in [0.1, 0.15) is 32.3 Å². The van der Waals surface area contributed by atoms with E-state index in [1.54, 1.807) is 6.07 Å². The summed E-state index contributed by atoms with van der Waals surface area (Å²) in [6.07, 6.45) is -2.51. The molecule has 1 saturated heterocycles. The minimum atomic E-state index is -4.30. The van der Waals surface area contributed by atoms with Gasteiger partial charge in [-0.3, -0.25) is 0 Å².